The van der Waals surface area contributed by atoms with Gasteiger partial charge in [0.15, 0.2) is 0 Å². The minimum atomic E-state index is -0.309. The van der Waals surface area contributed by atoms with Gasteiger partial charge < -0.3 is 10.6 Å². The van der Waals surface area contributed by atoms with Gasteiger partial charge in [0.2, 0.25) is 5.91 Å². The second kappa shape index (κ2) is 8.50. The Labute approximate surface area is 156 Å². The zero-order valence-electron chi connectivity index (χ0n) is 13.9. The number of fused-ring (bicyclic) bond motifs is 1. The third-order valence-corrected chi connectivity index (χ3v) is 5.98. The van der Waals surface area contributed by atoms with E-state index in [0.717, 1.165) is 29.3 Å². The number of thiophene rings is 1. The number of carbonyl (C=O) groups is 2. The highest BCUT2D eigenvalue weighted by atomic mass is 35.5. The largest absolute Gasteiger partial charge is 0.354 e. The van der Waals surface area contributed by atoms with Crippen molar-refractivity contribution in [3.8, 4) is 0 Å². The molecule has 1 aliphatic carbocycles. The van der Waals surface area contributed by atoms with Crippen LogP contribution in [0.25, 0.3) is 10.1 Å². The number of halogens is 1. The number of rotatable bonds is 6. The summed E-state index contributed by atoms with van der Waals surface area (Å²) in [6.07, 6.45) is 7.96. The molecule has 1 heterocycles. The molecule has 2 aromatic rings. The van der Waals surface area contributed by atoms with Crippen molar-refractivity contribution in [2.45, 2.75) is 32.1 Å². The smallest absolute Gasteiger partial charge is 0.263 e. The maximum Gasteiger partial charge on any atom is 0.263 e. The van der Waals surface area contributed by atoms with Crippen molar-refractivity contribution >= 4 is 44.8 Å². The van der Waals surface area contributed by atoms with E-state index in [1.807, 2.05) is 24.3 Å². The fourth-order valence-electron chi connectivity index (χ4n) is 2.96. The summed E-state index contributed by atoms with van der Waals surface area (Å²) >= 11 is 7.62. The summed E-state index contributed by atoms with van der Waals surface area (Å²) in [6, 6.07) is 7.61. The van der Waals surface area contributed by atoms with Crippen molar-refractivity contribution in [2.24, 2.45) is 0 Å². The van der Waals surface area contributed by atoms with Crippen LogP contribution in [0.2, 0.25) is 5.02 Å². The fourth-order valence-corrected chi connectivity index (χ4v) is 4.39. The number of amides is 2. The van der Waals surface area contributed by atoms with Crippen LogP contribution < -0.4 is 10.6 Å². The molecule has 1 aromatic carbocycles. The molecule has 3 rings (SSSR count). The molecule has 0 fully saturated rings. The lowest BCUT2D eigenvalue weighted by molar-refractivity contribution is -0.120. The Morgan fingerprint density at radius 1 is 1.16 bits per heavy atom. The Balaban J connectivity index is 1.47. The van der Waals surface area contributed by atoms with Gasteiger partial charge in [0.05, 0.1) is 11.6 Å². The normalized spacial score (nSPS) is 14.2. The summed E-state index contributed by atoms with van der Waals surface area (Å²) in [5, 5.41) is 6.82. The molecule has 2 N–H and O–H groups in total. The summed E-state index contributed by atoms with van der Waals surface area (Å²) in [7, 11) is 0. The van der Waals surface area contributed by atoms with Gasteiger partial charge in [-0.2, -0.15) is 0 Å². The van der Waals surface area contributed by atoms with Crippen molar-refractivity contribution in [2.75, 3.05) is 13.1 Å². The summed E-state index contributed by atoms with van der Waals surface area (Å²) in [5.41, 5.74) is 1.42. The Morgan fingerprint density at radius 3 is 2.76 bits per heavy atom. The van der Waals surface area contributed by atoms with Crippen LogP contribution in [0.4, 0.5) is 0 Å². The molecule has 0 bridgehead atoms. The Bertz CT molecular complexity index is 813. The first-order chi connectivity index (χ1) is 12.1. The molecule has 2 amide bonds. The molecule has 0 radical (unpaired) electrons. The Hall–Kier alpha value is -1.85. The maximum atomic E-state index is 12.3. The highest BCUT2D eigenvalue weighted by molar-refractivity contribution is 7.21. The molecule has 6 heteroatoms. The molecular weight excluding hydrogens is 356 g/mol. The molecule has 0 unspecified atom stereocenters. The van der Waals surface area contributed by atoms with Crippen molar-refractivity contribution < 1.29 is 9.59 Å². The average Bonchev–Trinajstić information content (AvgIpc) is 2.98. The number of hydrogen-bond acceptors (Lipinski definition) is 3. The van der Waals surface area contributed by atoms with Crippen molar-refractivity contribution in [1.29, 1.82) is 0 Å². The second-order valence-electron chi connectivity index (χ2n) is 6.13. The fraction of sp³-hybridized carbons (Fsp3) is 0.368. The second-order valence-corrected chi connectivity index (χ2v) is 7.56. The van der Waals surface area contributed by atoms with Gasteiger partial charge in [0.1, 0.15) is 4.88 Å². The number of nitrogens with one attached hydrogen (secondary N) is 2. The van der Waals surface area contributed by atoms with E-state index in [-0.39, 0.29) is 18.4 Å². The predicted molar refractivity (Wildman–Crippen MR) is 103 cm³/mol. The number of benzene rings is 1. The van der Waals surface area contributed by atoms with Crippen LogP contribution in [0.1, 0.15) is 41.8 Å². The molecular formula is C19H21ClN2O2S. The average molecular weight is 377 g/mol. The number of carbonyl (C=O) groups excluding carboxylic acids is 2. The molecule has 132 valence electrons. The molecule has 0 atom stereocenters. The van der Waals surface area contributed by atoms with Gasteiger partial charge in [0.25, 0.3) is 5.91 Å². The predicted octanol–water partition coefficient (Wildman–Crippen LogP) is 4.29. The summed E-state index contributed by atoms with van der Waals surface area (Å²) < 4.78 is 0.961. The van der Waals surface area contributed by atoms with Crippen LogP contribution in [-0.2, 0) is 4.79 Å². The van der Waals surface area contributed by atoms with Crippen LogP contribution in [-0.4, -0.2) is 24.9 Å². The third kappa shape index (κ3) is 4.61. The quantitative estimate of drug-likeness (QED) is 0.739. The van der Waals surface area contributed by atoms with Crippen LogP contribution >= 0.6 is 22.9 Å². The molecule has 0 aliphatic heterocycles. The van der Waals surface area contributed by atoms with Crippen molar-refractivity contribution in [3.63, 3.8) is 0 Å². The van der Waals surface area contributed by atoms with E-state index >= 15 is 0 Å². The highest BCUT2D eigenvalue weighted by Crippen LogP contribution is 2.34. The van der Waals surface area contributed by atoms with E-state index in [1.165, 1.54) is 29.8 Å². The van der Waals surface area contributed by atoms with Crippen LogP contribution in [0.15, 0.2) is 35.9 Å². The van der Waals surface area contributed by atoms with Gasteiger partial charge in [-0.25, -0.2) is 0 Å². The van der Waals surface area contributed by atoms with Crippen LogP contribution in [0.5, 0.6) is 0 Å². The van der Waals surface area contributed by atoms with E-state index in [9.17, 15) is 9.59 Å². The maximum absolute atomic E-state index is 12.3. The van der Waals surface area contributed by atoms with Gasteiger partial charge in [-0.15, -0.1) is 11.3 Å². The lowest BCUT2D eigenvalue weighted by Gasteiger charge is -2.13. The molecule has 0 saturated carbocycles. The monoisotopic (exact) mass is 376 g/mol. The zero-order valence-corrected chi connectivity index (χ0v) is 15.5. The van der Waals surface area contributed by atoms with E-state index in [4.69, 9.17) is 11.6 Å². The molecule has 1 aromatic heterocycles. The van der Waals surface area contributed by atoms with Crippen LogP contribution in [0.3, 0.4) is 0 Å². The SMILES string of the molecule is O=C(CNC(=O)c1sc2ccccc2c1Cl)NCCC1=CCCCC1. The van der Waals surface area contributed by atoms with E-state index in [2.05, 4.69) is 16.7 Å². The topological polar surface area (TPSA) is 58.2 Å². The minimum absolute atomic E-state index is 0.0392. The standard InChI is InChI=1S/C19H21ClN2O2S/c20-17-14-8-4-5-9-15(14)25-18(17)19(24)22-12-16(23)21-11-10-13-6-2-1-3-7-13/h4-6,8-9H,1-3,7,10-12H2,(H,21,23)(H,22,24). The van der Waals surface area contributed by atoms with Gasteiger partial charge in [-0.1, -0.05) is 41.4 Å². The summed E-state index contributed by atoms with van der Waals surface area (Å²) in [5.74, 6) is -0.488. The van der Waals surface area contributed by atoms with E-state index in [1.54, 1.807) is 0 Å². The van der Waals surface area contributed by atoms with Crippen molar-refractivity contribution in [1.82, 2.24) is 10.6 Å². The highest BCUT2D eigenvalue weighted by Gasteiger charge is 2.17. The molecule has 4 nitrogen and oxygen atoms in total. The van der Waals surface area contributed by atoms with Gasteiger partial charge in [0, 0.05) is 16.6 Å². The van der Waals surface area contributed by atoms with Gasteiger partial charge >= 0.3 is 0 Å². The van der Waals surface area contributed by atoms with Crippen molar-refractivity contribution in [3.05, 3.63) is 45.8 Å². The Kier molecular flexibility index (Phi) is 6.10. The zero-order chi connectivity index (χ0) is 17.6. The first-order valence-corrected chi connectivity index (χ1v) is 9.74. The number of hydrogen-bond donors (Lipinski definition) is 2. The summed E-state index contributed by atoms with van der Waals surface area (Å²) in [4.78, 5) is 24.6. The van der Waals surface area contributed by atoms with E-state index < -0.39 is 0 Å². The first kappa shape index (κ1) is 18.0. The molecule has 25 heavy (non-hydrogen) atoms. The number of allylic oxidation sites excluding steroid dienone is 1. The lowest BCUT2D eigenvalue weighted by Crippen LogP contribution is -2.37. The lowest BCUT2D eigenvalue weighted by atomic mass is 9.97. The molecule has 0 saturated heterocycles. The van der Waals surface area contributed by atoms with Gasteiger partial charge in [-0.3, -0.25) is 9.59 Å². The summed E-state index contributed by atoms with van der Waals surface area (Å²) in [6.45, 7) is 0.576. The Morgan fingerprint density at radius 2 is 2.00 bits per heavy atom. The molecule has 0 spiro atoms. The first-order valence-electron chi connectivity index (χ1n) is 8.55. The van der Waals surface area contributed by atoms with E-state index in [0.29, 0.717) is 16.4 Å². The van der Waals surface area contributed by atoms with Crippen LogP contribution in [0, 0.1) is 0 Å². The third-order valence-electron chi connectivity index (χ3n) is 4.30. The minimum Gasteiger partial charge on any atom is -0.354 e. The van der Waals surface area contributed by atoms with Gasteiger partial charge in [-0.05, 0) is 38.2 Å². The molecule has 1 aliphatic rings.